The van der Waals surface area contributed by atoms with Crippen LogP contribution in [0.2, 0.25) is 0 Å². The van der Waals surface area contributed by atoms with Crippen LogP contribution in [0.3, 0.4) is 0 Å². The van der Waals surface area contributed by atoms with Crippen molar-refractivity contribution in [1.82, 2.24) is 14.2 Å². The third kappa shape index (κ3) is 3.80. The van der Waals surface area contributed by atoms with Gasteiger partial charge in [-0.1, -0.05) is 72.9 Å². The van der Waals surface area contributed by atoms with E-state index in [1.54, 1.807) is 7.11 Å². The summed E-state index contributed by atoms with van der Waals surface area (Å²) in [6.07, 6.45) is 3.25. The van der Waals surface area contributed by atoms with Gasteiger partial charge >= 0.3 is 0 Å². The van der Waals surface area contributed by atoms with Gasteiger partial charge in [0.15, 0.2) is 5.82 Å². The first kappa shape index (κ1) is 21.6. The Morgan fingerprint density at radius 3 is 2.26 bits per heavy atom. The van der Waals surface area contributed by atoms with E-state index in [9.17, 15) is 0 Å². The van der Waals surface area contributed by atoms with Gasteiger partial charge in [-0.25, -0.2) is 4.52 Å². The summed E-state index contributed by atoms with van der Waals surface area (Å²) in [5.41, 5.74) is 7.77. The van der Waals surface area contributed by atoms with Gasteiger partial charge in [-0.15, -0.1) is 5.10 Å². The highest BCUT2D eigenvalue weighted by Crippen LogP contribution is 2.38. The zero-order valence-corrected chi connectivity index (χ0v) is 20.4. The van der Waals surface area contributed by atoms with Gasteiger partial charge in [-0.3, -0.25) is 0 Å². The third-order valence-electron chi connectivity index (χ3n) is 6.64. The highest BCUT2D eigenvalue weighted by atomic mass is 32.1. The van der Waals surface area contributed by atoms with Crippen LogP contribution in [0.15, 0.2) is 84.9 Å². The monoisotopic (exact) mass is 478 g/mol. The molecule has 0 aliphatic carbocycles. The molecule has 3 heterocycles. The summed E-state index contributed by atoms with van der Waals surface area (Å²) < 4.78 is 9.76. The van der Waals surface area contributed by atoms with Crippen molar-refractivity contribution < 1.29 is 4.74 Å². The van der Waals surface area contributed by atoms with Gasteiger partial charge in [-0.2, -0.15) is 0 Å². The second-order valence-electron chi connectivity index (χ2n) is 8.78. The molecule has 35 heavy (non-hydrogen) atoms. The van der Waals surface area contributed by atoms with Crippen molar-refractivity contribution in [1.29, 1.82) is 0 Å². The molecule has 1 aliphatic heterocycles. The molecule has 6 heteroatoms. The topological polar surface area (TPSA) is 43.5 Å². The number of nitrogens with zero attached hydrogens (tertiary/aromatic N) is 3. The summed E-state index contributed by atoms with van der Waals surface area (Å²) >= 11 is 6.05. The number of thiocarbonyl (C=S) groups is 1. The predicted octanol–water partition coefficient (Wildman–Crippen LogP) is 6.60. The summed E-state index contributed by atoms with van der Waals surface area (Å²) in [5, 5.41) is 8.62. The van der Waals surface area contributed by atoms with E-state index < -0.39 is 0 Å². The number of aryl methyl sites for hydroxylation is 2. The van der Waals surface area contributed by atoms with Gasteiger partial charge < -0.3 is 14.6 Å². The standard InChI is InChI=1S/C29H26N4OS/c1-34-23-17-15-22(16-18-23)30-28(35)26-25(20-10-4-2-5-11-20)24-14-8-9-19-32-27(31-33(26)29(24)32)21-12-6-3-7-13-21/h2-7,10-13,15-18H,8-9,14,19H2,1H3,(H,30,35). The number of hydrogen-bond donors (Lipinski definition) is 1. The first-order valence-electron chi connectivity index (χ1n) is 11.9. The number of nitrogens with one attached hydrogen (secondary N) is 1. The smallest absolute Gasteiger partial charge is 0.162 e. The maximum Gasteiger partial charge on any atom is 0.162 e. The molecule has 0 fully saturated rings. The van der Waals surface area contributed by atoms with Crippen molar-refractivity contribution in [2.45, 2.75) is 25.8 Å². The predicted molar refractivity (Wildman–Crippen MR) is 145 cm³/mol. The molecule has 0 bridgehead atoms. The van der Waals surface area contributed by atoms with Crippen molar-refractivity contribution in [3.05, 3.63) is 96.2 Å². The second kappa shape index (κ2) is 9.04. The second-order valence-corrected chi connectivity index (χ2v) is 9.19. The fourth-order valence-corrected chi connectivity index (χ4v) is 5.34. The number of hydrogen-bond acceptors (Lipinski definition) is 3. The SMILES string of the molecule is COc1ccc(NC(=S)c2c(-c3ccccc3)c3c4n(c(-c5ccccc5)nn24)CCCC3)cc1. The number of anilines is 1. The van der Waals surface area contributed by atoms with Crippen molar-refractivity contribution >= 4 is 28.5 Å². The fourth-order valence-electron chi connectivity index (χ4n) is 5.03. The largest absolute Gasteiger partial charge is 0.497 e. The lowest BCUT2D eigenvalue weighted by Crippen LogP contribution is -2.14. The van der Waals surface area contributed by atoms with Gasteiger partial charge in [0.2, 0.25) is 0 Å². The van der Waals surface area contributed by atoms with E-state index in [2.05, 4.69) is 69.0 Å². The van der Waals surface area contributed by atoms with Crippen LogP contribution in [-0.2, 0) is 13.0 Å². The molecular formula is C29H26N4OS. The Kier molecular flexibility index (Phi) is 5.58. The van der Waals surface area contributed by atoms with Gasteiger partial charge in [0, 0.05) is 28.9 Å². The maximum absolute atomic E-state index is 6.05. The van der Waals surface area contributed by atoms with E-state index in [-0.39, 0.29) is 0 Å². The van der Waals surface area contributed by atoms with Crippen molar-refractivity contribution in [3.63, 3.8) is 0 Å². The summed E-state index contributed by atoms with van der Waals surface area (Å²) in [7, 11) is 1.67. The van der Waals surface area contributed by atoms with E-state index in [0.29, 0.717) is 4.99 Å². The van der Waals surface area contributed by atoms with Crippen LogP contribution < -0.4 is 10.1 Å². The van der Waals surface area contributed by atoms with Crippen molar-refractivity contribution in [2.75, 3.05) is 12.4 Å². The molecular weight excluding hydrogens is 452 g/mol. The van der Waals surface area contributed by atoms with Crippen LogP contribution in [0.4, 0.5) is 5.69 Å². The zero-order valence-electron chi connectivity index (χ0n) is 19.6. The molecule has 0 spiro atoms. The van der Waals surface area contributed by atoms with E-state index in [1.165, 1.54) is 11.1 Å². The summed E-state index contributed by atoms with van der Waals surface area (Å²) in [4.78, 5) is 0.653. The first-order valence-corrected chi connectivity index (χ1v) is 12.4. The number of benzene rings is 3. The molecule has 0 amide bonds. The Balaban J connectivity index is 1.57. The lowest BCUT2D eigenvalue weighted by molar-refractivity contribution is 0.415. The normalized spacial score (nSPS) is 12.9. The fraction of sp³-hybridized carbons (Fsp3) is 0.172. The average Bonchev–Trinajstić information content (AvgIpc) is 3.33. The third-order valence-corrected chi connectivity index (χ3v) is 6.94. The molecule has 1 N–H and O–H groups in total. The zero-order chi connectivity index (χ0) is 23.8. The highest BCUT2D eigenvalue weighted by molar-refractivity contribution is 7.81. The van der Waals surface area contributed by atoms with Gasteiger partial charge in [0.1, 0.15) is 22.1 Å². The Morgan fingerprint density at radius 2 is 1.57 bits per heavy atom. The highest BCUT2D eigenvalue weighted by Gasteiger charge is 2.29. The molecule has 174 valence electrons. The number of rotatable bonds is 5. The summed E-state index contributed by atoms with van der Waals surface area (Å²) in [6, 6.07) is 28.8. The minimum atomic E-state index is 0.653. The molecule has 0 atom stereocenters. The molecule has 5 nitrogen and oxygen atoms in total. The van der Waals surface area contributed by atoms with E-state index in [1.807, 2.05) is 30.3 Å². The van der Waals surface area contributed by atoms with E-state index >= 15 is 0 Å². The quantitative estimate of drug-likeness (QED) is 0.289. The van der Waals surface area contributed by atoms with Gasteiger partial charge in [-0.05, 0) is 49.1 Å². The molecule has 0 saturated carbocycles. The maximum atomic E-state index is 6.05. The van der Waals surface area contributed by atoms with Gasteiger partial charge in [0.05, 0.1) is 7.11 Å². The molecule has 5 aromatic rings. The molecule has 0 saturated heterocycles. The number of aromatic nitrogens is 3. The van der Waals surface area contributed by atoms with Crippen LogP contribution in [0, 0.1) is 0 Å². The lowest BCUT2D eigenvalue weighted by atomic mass is 9.98. The number of methoxy groups -OCH3 is 1. The Hall–Kier alpha value is -3.90. The van der Waals surface area contributed by atoms with Crippen LogP contribution in [0.5, 0.6) is 5.75 Å². The molecule has 3 aromatic carbocycles. The van der Waals surface area contributed by atoms with E-state index in [0.717, 1.165) is 65.5 Å². The Morgan fingerprint density at radius 1 is 0.886 bits per heavy atom. The first-order chi connectivity index (χ1) is 17.2. The molecule has 0 radical (unpaired) electrons. The average molecular weight is 479 g/mol. The van der Waals surface area contributed by atoms with Crippen LogP contribution in [0.25, 0.3) is 28.2 Å². The molecule has 6 rings (SSSR count). The van der Waals surface area contributed by atoms with Crippen molar-refractivity contribution in [2.24, 2.45) is 0 Å². The Labute approximate surface area is 210 Å². The van der Waals surface area contributed by atoms with Crippen LogP contribution in [-0.4, -0.2) is 26.3 Å². The molecule has 2 aromatic heterocycles. The summed E-state index contributed by atoms with van der Waals surface area (Å²) in [5.74, 6) is 1.80. The van der Waals surface area contributed by atoms with Crippen molar-refractivity contribution in [3.8, 4) is 28.3 Å². The van der Waals surface area contributed by atoms with Crippen LogP contribution in [0.1, 0.15) is 24.1 Å². The Bertz CT molecular complexity index is 1500. The van der Waals surface area contributed by atoms with E-state index in [4.69, 9.17) is 22.1 Å². The minimum Gasteiger partial charge on any atom is -0.497 e. The summed E-state index contributed by atoms with van der Waals surface area (Å²) in [6.45, 7) is 0.942. The van der Waals surface area contributed by atoms with Crippen LogP contribution >= 0.6 is 12.2 Å². The molecule has 0 unspecified atom stereocenters. The lowest BCUT2D eigenvalue weighted by Gasteiger charge is -2.12. The minimum absolute atomic E-state index is 0.653. The number of ether oxygens (including phenoxy) is 1. The van der Waals surface area contributed by atoms with Gasteiger partial charge in [0.25, 0.3) is 0 Å². The molecule has 1 aliphatic rings.